The lowest BCUT2D eigenvalue weighted by atomic mass is 10.0. The van der Waals surface area contributed by atoms with Crippen LogP contribution in [0.5, 0.6) is 0 Å². The average molecular weight is 335 g/mol. The number of carbonyl (C=O) groups is 2. The normalized spacial score (nSPS) is 10.8. The summed E-state index contributed by atoms with van der Waals surface area (Å²) < 4.78 is 1.59. The number of aryl methyl sites for hydroxylation is 1. The van der Waals surface area contributed by atoms with Crippen LogP contribution in [0.1, 0.15) is 42.1 Å². The average Bonchev–Trinajstić information content (AvgIpc) is 3.04. The number of amides is 1. The van der Waals surface area contributed by atoms with Crippen LogP contribution in [0.3, 0.4) is 0 Å². The molecule has 0 fully saturated rings. The number of nitrogens with one attached hydrogen (secondary N) is 1. The zero-order valence-corrected chi connectivity index (χ0v) is 14.2. The first-order valence-corrected chi connectivity index (χ1v) is 8.51. The van der Waals surface area contributed by atoms with Gasteiger partial charge in [-0.3, -0.25) is 15.0 Å². The molecule has 0 aliphatic rings. The van der Waals surface area contributed by atoms with E-state index >= 15 is 0 Å². The number of rotatable bonds is 7. The van der Waals surface area contributed by atoms with E-state index in [1.54, 1.807) is 11.0 Å². The molecule has 0 saturated carbocycles. The number of carbonyl (C=O) groups excluding carboxylic acids is 2. The van der Waals surface area contributed by atoms with Gasteiger partial charge in [-0.2, -0.15) is 0 Å². The van der Waals surface area contributed by atoms with Crippen LogP contribution in [0.4, 0.5) is 0 Å². The number of benzene rings is 2. The molecule has 0 radical (unpaired) electrons. The molecule has 5 heteroatoms. The van der Waals surface area contributed by atoms with E-state index in [0.29, 0.717) is 5.56 Å². The number of nitrogens with zero attached hydrogens (tertiary/aromatic N) is 2. The molecule has 1 aromatic heterocycles. The van der Waals surface area contributed by atoms with Gasteiger partial charge in [-0.15, -0.1) is 0 Å². The fourth-order valence-electron chi connectivity index (χ4n) is 2.76. The summed E-state index contributed by atoms with van der Waals surface area (Å²) in [5.74, 6) is -0.229. The first kappa shape index (κ1) is 16.9. The summed E-state index contributed by atoms with van der Waals surface area (Å²) in [7, 11) is 0. The van der Waals surface area contributed by atoms with Crippen LogP contribution < -0.4 is 5.43 Å². The summed E-state index contributed by atoms with van der Waals surface area (Å²) in [5.41, 5.74) is 6.28. The number of fused-ring (bicyclic) bond motifs is 1. The Bertz CT molecular complexity index is 881. The number of aromatic nitrogens is 2. The molecule has 0 aliphatic heterocycles. The highest BCUT2D eigenvalue weighted by Gasteiger charge is 2.11. The maximum atomic E-state index is 12.2. The minimum absolute atomic E-state index is 0.0197. The molecule has 5 nitrogen and oxygen atoms in total. The van der Waals surface area contributed by atoms with Gasteiger partial charge >= 0.3 is 0 Å². The van der Waals surface area contributed by atoms with E-state index in [1.807, 2.05) is 48.5 Å². The fraction of sp³-hybridized carbons (Fsp3) is 0.250. The Morgan fingerprint density at radius 1 is 1.04 bits per heavy atom. The van der Waals surface area contributed by atoms with Crippen LogP contribution in [-0.4, -0.2) is 21.4 Å². The van der Waals surface area contributed by atoms with Crippen LogP contribution in [0, 0.1) is 0 Å². The number of Topliss-reactive ketones (excluding diaryl/α,β-unsaturated/α-hetero) is 1. The third-order valence-corrected chi connectivity index (χ3v) is 4.09. The van der Waals surface area contributed by atoms with Crippen molar-refractivity contribution in [3.63, 3.8) is 0 Å². The van der Waals surface area contributed by atoms with Crippen LogP contribution in [-0.2, 0) is 11.2 Å². The molecule has 3 aromatic rings. The zero-order chi connectivity index (χ0) is 17.6. The Morgan fingerprint density at radius 3 is 2.56 bits per heavy atom. The third-order valence-electron chi connectivity index (χ3n) is 4.09. The molecule has 0 saturated heterocycles. The van der Waals surface area contributed by atoms with Gasteiger partial charge in [-0.25, -0.2) is 9.66 Å². The molecule has 1 amide bonds. The van der Waals surface area contributed by atoms with E-state index in [0.717, 1.165) is 23.9 Å². The van der Waals surface area contributed by atoms with Crippen molar-refractivity contribution < 1.29 is 9.59 Å². The van der Waals surface area contributed by atoms with Crippen LogP contribution >= 0.6 is 0 Å². The van der Waals surface area contributed by atoms with E-state index < -0.39 is 0 Å². The van der Waals surface area contributed by atoms with Crippen LogP contribution in [0.25, 0.3) is 11.0 Å². The highest BCUT2D eigenvalue weighted by atomic mass is 16.2. The Morgan fingerprint density at radius 2 is 1.80 bits per heavy atom. The molecular formula is C20H21N3O2. The first-order valence-electron chi connectivity index (χ1n) is 8.51. The summed E-state index contributed by atoms with van der Waals surface area (Å²) in [6.07, 6.45) is 3.98. The minimum Gasteiger partial charge on any atom is -0.294 e. The maximum absolute atomic E-state index is 12.2. The van der Waals surface area contributed by atoms with Crippen LogP contribution in [0.2, 0.25) is 0 Å². The Balaban J connectivity index is 1.55. The molecule has 1 heterocycles. The van der Waals surface area contributed by atoms with Gasteiger partial charge in [-0.1, -0.05) is 49.7 Å². The highest BCUT2D eigenvalue weighted by Crippen LogP contribution is 2.12. The number of imidazole rings is 1. The van der Waals surface area contributed by atoms with E-state index in [2.05, 4.69) is 17.3 Å². The SMILES string of the molecule is CCCc1ccc(C(=O)CCC(=O)Nn2cnc3ccccc32)cc1. The van der Waals surface area contributed by atoms with Crippen LogP contribution in [0.15, 0.2) is 54.9 Å². The zero-order valence-electron chi connectivity index (χ0n) is 14.2. The molecule has 3 rings (SSSR count). The first-order chi connectivity index (χ1) is 12.2. The second kappa shape index (κ2) is 7.75. The van der Waals surface area contributed by atoms with Gasteiger partial charge in [0, 0.05) is 18.4 Å². The molecule has 0 unspecified atom stereocenters. The predicted molar refractivity (Wildman–Crippen MR) is 98.1 cm³/mol. The monoisotopic (exact) mass is 335 g/mol. The van der Waals surface area contributed by atoms with Crippen molar-refractivity contribution in [1.29, 1.82) is 0 Å². The highest BCUT2D eigenvalue weighted by molar-refractivity contribution is 5.99. The second-order valence-electron chi connectivity index (χ2n) is 6.01. The van der Waals surface area contributed by atoms with Gasteiger partial charge in [0.15, 0.2) is 5.78 Å². The van der Waals surface area contributed by atoms with E-state index in [-0.39, 0.29) is 24.5 Å². The lowest BCUT2D eigenvalue weighted by molar-refractivity contribution is -0.117. The molecule has 128 valence electrons. The van der Waals surface area contributed by atoms with Crippen molar-refractivity contribution in [2.75, 3.05) is 5.43 Å². The lowest BCUT2D eigenvalue weighted by Gasteiger charge is -2.07. The smallest absolute Gasteiger partial charge is 0.239 e. The number of hydrogen-bond acceptors (Lipinski definition) is 3. The molecule has 25 heavy (non-hydrogen) atoms. The predicted octanol–water partition coefficient (Wildman–Crippen LogP) is 3.72. The van der Waals surface area contributed by atoms with Gasteiger partial charge in [0.25, 0.3) is 0 Å². The summed E-state index contributed by atoms with van der Waals surface area (Å²) >= 11 is 0. The molecule has 0 bridgehead atoms. The Labute approximate surface area is 146 Å². The maximum Gasteiger partial charge on any atom is 0.239 e. The van der Waals surface area contributed by atoms with Crippen molar-refractivity contribution in [1.82, 2.24) is 9.66 Å². The van der Waals surface area contributed by atoms with Gasteiger partial charge in [-0.05, 0) is 24.1 Å². The summed E-state index contributed by atoms with van der Waals surface area (Å²) in [5, 5.41) is 0. The van der Waals surface area contributed by atoms with Crippen molar-refractivity contribution in [3.8, 4) is 0 Å². The van der Waals surface area contributed by atoms with Gasteiger partial charge < -0.3 is 0 Å². The molecule has 0 spiro atoms. The number of para-hydroxylation sites is 2. The van der Waals surface area contributed by atoms with Crippen molar-refractivity contribution in [3.05, 3.63) is 66.0 Å². The third kappa shape index (κ3) is 4.12. The van der Waals surface area contributed by atoms with Gasteiger partial charge in [0.2, 0.25) is 5.91 Å². The summed E-state index contributed by atoms with van der Waals surface area (Å²) in [4.78, 5) is 28.6. The van der Waals surface area contributed by atoms with Gasteiger partial charge in [0.1, 0.15) is 6.33 Å². The van der Waals surface area contributed by atoms with E-state index in [9.17, 15) is 9.59 Å². The van der Waals surface area contributed by atoms with E-state index in [1.165, 1.54) is 5.56 Å². The molecule has 2 aromatic carbocycles. The minimum atomic E-state index is -0.209. The fourth-order valence-corrected chi connectivity index (χ4v) is 2.76. The topological polar surface area (TPSA) is 64.0 Å². The number of ketones is 1. The largest absolute Gasteiger partial charge is 0.294 e. The van der Waals surface area contributed by atoms with E-state index in [4.69, 9.17) is 0 Å². The molecule has 1 N–H and O–H groups in total. The second-order valence-corrected chi connectivity index (χ2v) is 6.01. The number of hydrogen-bond donors (Lipinski definition) is 1. The van der Waals surface area contributed by atoms with Crippen molar-refractivity contribution >= 4 is 22.7 Å². The quantitative estimate of drug-likeness (QED) is 0.669. The Hall–Kier alpha value is -2.95. The van der Waals surface area contributed by atoms with Gasteiger partial charge in [0.05, 0.1) is 11.0 Å². The standard InChI is InChI=1S/C20H21N3O2/c1-2-5-15-8-10-16(11-9-15)19(24)12-13-20(25)22-23-14-21-17-6-3-4-7-18(17)23/h3-4,6-11,14H,2,5,12-13H2,1H3,(H,22,25). The molecular weight excluding hydrogens is 314 g/mol. The summed E-state index contributed by atoms with van der Waals surface area (Å²) in [6, 6.07) is 15.2. The summed E-state index contributed by atoms with van der Waals surface area (Å²) in [6.45, 7) is 2.13. The lowest BCUT2D eigenvalue weighted by Crippen LogP contribution is -2.22. The van der Waals surface area contributed by atoms with Crippen molar-refractivity contribution in [2.24, 2.45) is 0 Å². The molecule has 0 atom stereocenters. The Kier molecular flexibility index (Phi) is 5.23. The molecule has 0 aliphatic carbocycles. The van der Waals surface area contributed by atoms with Crippen molar-refractivity contribution in [2.45, 2.75) is 32.6 Å².